The molecule has 2 aromatic carbocycles. The summed E-state index contributed by atoms with van der Waals surface area (Å²) in [6.45, 7) is 2.07. The zero-order valence-corrected chi connectivity index (χ0v) is 16.1. The van der Waals surface area contributed by atoms with Crippen LogP contribution < -0.4 is 9.47 Å². The number of hydrogen-bond acceptors (Lipinski definition) is 6. The molecule has 0 radical (unpaired) electrons. The predicted octanol–water partition coefficient (Wildman–Crippen LogP) is 2.51. The van der Waals surface area contributed by atoms with Crippen LogP contribution in [0.15, 0.2) is 48.5 Å². The zero-order valence-electron chi connectivity index (χ0n) is 16.1. The number of nitrogens with zero attached hydrogens (tertiary/aromatic N) is 1. The summed E-state index contributed by atoms with van der Waals surface area (Å²) in [6.07, 6.45) is -0.200. The third kappa shape index (κ3) is 6.75. The van der Waals surface area contributed by atoms with E-state index in [1.54, 1.807) is 31.3 Å². The number of aliphatic hydroxyl groups excluding tert-OH is 1. The smallest absolute Gasteiger partial charge is 0.360 e. The molecule has 0 aromatic heterocycles. The van der Waals surface area contributed by atoms with Gasteiger partial charge in [0, 0.05) is 12.6 Å². The molecule has 0 fully saturated rings. The van der Waals surface area contributed by atoms with Crippen LogP contribution in [-0.4, -0.2) is 58.7 Å². The fourth-order valence-electron chi connectivity index (χ4n) is 2.73. The van der Waals surface area contributed by atoms with Gasteiger partial charge in [-0.2, -0.15) is 0 Å². The Morgan fingerprint density at radius 2 is 1.86 bits per heavy atom. The van der Waals surface area contributed by atoms with Gasteiger partial charge in [-0.05, 0) is 43.3 Å². The number of benzene rings is 2. The van der Waals surface area contributed by atoms with Crippen molar-refractivity contribution in [1.82, 2.24) is 4.90 Å². The normalized spacial score (nSPS) is 13.1. The molecule has 0 bridgehead atoms. The van der Waals surface area contributed by atoms with Gasteiger partial charge in [-0.25, -0.2) is 4.79 Å². The van der Waals surface area contributed by atoms with Crippen LogP contribution in [0, 0.1) is 0 Å². The van der Waals surface area contributed by atoms with Gasteiger partial charge >= 0.3 is 5.97 Å². The molecule has 0 aliphatic heterocycles. The van der Waals surface area contributed by atoms with E-state index in [1.165, 1.54) is 17.0 Å². The molecule has 0 saturated heterocycles. The van der Waals surface area contributed by atoms with Gasteiger partial charge in [-0.15, -0.1) is 0 Å². The molecule has 0 saturated carbocycles. The van der Waals surface area contributed by atoms with Gasteiger partial charge in [0.15, 0.2) is 0 Å². The van der Waals surface area contributed by atoms with Crippen LogP contribution >= 0.6 is 0 Å². The Morgan fingerprint density at radius 3 is 2.46 bits per heavy atom. The minimum absolute atomic E-state index is 0.0314. The van der Waals surface area contributed by atoms with Crippen LogP contribution in [0.3, 0.4) is 0 Å². The first-order chi connectivity index (χ1) is 13.4. The fraction of sp³-hybridized carbons (Fsp3) is 0.381. The monoisotopic (exact) mass is 389 g/mol. The molecule has 2 unspecified atom stereocenters. The van der Waals surface area contributed by atoms with Gasteiger partial charge in [0.05, 0.1) is 0 Å². The minimum Gasteiger partial charge on any atom is -0.508 e. The highest BCUT2D eigenvalue weighted by molar-refractivity contribution is 5.72. The molecule has 7 heteroatoms. The number of carbonyl (C=O) groups is 1. The summed E-state index contributed by atoms with van der Waals surface area (Å²) < 4.78 is 11.0. The summed E-state index contributed by atoms with van der Waals surface area (Å²) in [5.74, 6) is -0.223. The lowest BCUT2D eigenvalue weighted by Gasteiger charge is -2.27. The van der Waals surface area contributed by atoms with Gasteiger partial charge < -0.3 is 24.8 Å². The Labute approximate surface area is 164 Å². The van der Waals surface area contributed by atoms with E-state index < -0.39 is 18.3 Å². The molecule has 152 valence electrons. The number of ether oxygens (including phenoxy) is 2. The molecule has 2 atom stereocenters. The van der Waals surface area contributed by atoms with Crippen molar-refractivity contribution in [2.75, 3.05) is 20.2 Å². The van der Waals surface area contributed by atoms with E-state index in [4.69, 9.17) is 9.47 Å². The fourth-order valence-corrected chi connectivity index (χ4v) is 2.73. The van der Waals surface area contributed by atoms with Crippen molar-refractivity contribution in [3.63, 3.8) is 0 Å². The number of hydrogen-bond donors (Lipinski definition) is 3. The number of phenols is 1. The summed E-state index contributed by atoms with van der Waals surface area (Å²) in [6, 6.07) is 13.5. The van der Waals surface area contributed by atoms with Crippen molar-refractivity contribution in [3.8, 4) is 17.2 Å². The van der Waals surface area contributed by atoms with Crippen LogP contribution in [0.4, 0.5) is 0 Å². The standard InChI is InChI=1S/C21H27NO6/c1-3-5-15-8-10-18(11-9-15)28-20(21(25)26)22(2)13-17(24)14-27-19-7-4-6-16(23)12-19/h4,6-12,17,20,23-24H,3,5,13-14H2,1-2H3,(H,25,26). The molecule has 28 heavy (non-hydrogen) atoms. The number of aryl methyl sites for hydroxylation is 1. The van der Waals surface area contributed by atoms with Crippen LogP contribution in [-0.2, 0) is 11.2 Å². The molecule has 0 spiro atoms. The molecule has 0 amide bonds. The number of phenolic OH excluding ortho intramolecular Hbond substituents is 1. The van der Waals surface area contributed by atoms with E-state index in [2.05, 4.69) is 6.92 Å². The Hall–Kier alpha value is -2.77. The molecule has 0 heterocycles. The van der Waals surface area contributed by atoms with Gasteiger partial charge in [0.25, 0.3) is 6.23 Å². The summed E-state index contributed by atoms with van der Waals surface area (Å²) in [7, 11) is 1.56. The zero-order chi connectivity index (χ0) is 20.5. The van der Waals surface area contributed by atoms with Crippen molar-refractivity contribution in [2.24, 2.45) is 0 Å². The maximum absolute atomic E-state index is 11.6. The summed E-state index contributed by atoms with van der Waals surface area (Å²) >= 11 is 0. The number of likely N-dealkylation sites (N-methyl/N-ethyl adjacent to an activating group) is 1. The molecule has 3 N–H and O–H groups in total. The third-order valence-corrected chi connectivity index (χ3v) is 4.08. The Kier molecular flexibility index (Phi) is 8.10. The average molecular weight is 389 g/mol. The quantitative estimate of drug-likeness (QED) is 0.508. The highest BCUT2D eigenvalue weighted by atomic mass is 16.5. The van der Waals surface area contributed by atoms with E-state index in [9.17, 15) is 20.1 Å². The molecular formula is C21H27NO6. The van der Waals surface area contributed by atoms with Crippen molar-refractivity contribution in [1.29, 1.82) is 0 Å². The number of aromatic hydroxyl groups is 1. The van der Waals surface area contributed by atoms with Gasteiger partial charge in [0.2, 0.25) is 0 Å². The maximum atomic E-state index is 11.6. The molecule has 0 aliphatic carbocycles. The minimum atomic E-state index is -1.24. The van der Waals surface area contributed by atoms with Crippen LogP contribution in [0.1, 0.15) is 18.9 Å². The first-order valence-electron chi connectivity index (χ1n) is 9.17. The van der Waals surface area contributed by atoms with Crippen molar-refractivity contribution in [3.05, 3.63) is 54.1 Å². The number of aliphatic carboxylic acids is 1. The van der Waals surface area contributed by atoms with Crippen molar-refractivity contribution >= 4 is 5.97 Å². The number of aliphatic hydroxyl groups is 1. The molecule has 2 rings (SSSR count). The molecule has 0 aliphatic rings. The van der Waals surface area contributed by atoms with E-state index >= 15 is 0 Å². The first kappa shape index (κ1) is 21.5. The number of rotatable bonds is 11. The molecular weight excluding hydrogens is 362 g/mol. The largest absolute Gasteiger partial charge is 0.508 e. The Bertz CT molecular complexity index is 749. The van der Waals surface area contributed by atoms with Gasteiger partial charge in [0.1, 0.15) is 30.0 Å². The Balaban J connectivity index is 1.90. The molecule has 7 nitrogen and oxygen atoms in total. The average Bonchev–Trinajstić information content (AvgIpc) is 2.65. The van der Waals surface area contributed by atoms with E-state index in [1.807, 2.05) is 12.1 Å². The molecule has 2 aromatic rings. The summed E-state index contributed by atoms with van der Waals surface area (Å²) in [5.41, 5.74) is 1.16. The van der Waals surface area contributed by atoms with Gasteiger partial charge in [-0.3, -0.25) is 4.90 Å². The van der Waals surface area contributed by atoms with Crippen LogP contribution in [0.25, 0.3) is 0 Å². The van der Waals surface area contributed by atoms with E-state index in [0.29, 0.717) is 11.5 Å². The maximum Gasteiger partial charge on any atom is 0.360 e. The topological polar surface area (TPSA) is 99.5 Å². The SMILES string of the molecule is CCCc1ccc(OC(C(=O)O)N(C)CC(O)COc2cccc(O)c2)cc1. The second kappa shape index (κ2) is 10.5. The highest BCUT2D eigenvalue weighted by Gasteiger charge is 2.26. The van der Waals surface area contributed by atoms with Crippen LogP contribution in [0.5, 0.6) is 17.2 Å². The Morgan fingerprint density at radius 1 is 1.14 bits per heavy atom. The summed E-state index contributed by atoms with van der Waals surface area (Å²) in [5, 5.41) is 29.1. The van der Waals surface area contributed by atoms with Crippen molar-refractivity contribution in [2.45, 2.75) is 32.1 Å². The van der Waals surface area contributed by atoms with E-state index in [0.717, 1.165) is 18.4 Å². The number of carboxylic acid groups (broad SMARTS) is 1. The number of carboxylic acids is 1. The first-order valence-corrected chi connectivity index (χ1v) is 9.17. The van der Waals surface area contributed by atoms with E-state index in [-0.39, 0.29) is 18.9 Å². The summed E-state index contributed by atoms with van der Waals surface area (Å²) in [4.78, 5) is 13.0. The van der Waals surface area contributed by atoms with Crippen LogP contribution in [0.2, 0.25) is 0 Å². The predicted molar refractivity (Wildman–Crippen MR) is 105 cm³/mol. The van der Waals surface area contributed by atoms with Gasteiger partial charge in [-0.1, -0.05) is 31.5 Å². The lowest BCUT2D eigenvalue weighted by atomic mass is 10.1. The van der Waals surface area contributed by atoms with Crippen molar-refractivity contribution < 1.29 is 29.6 Å². The third-order valence-electron chi connectivity index (χ3n) is 4.08. The lowest BCUT2D eigenvalue weighted by Crippen LogP contribution is -2.47. The highest BCUT2D eigenvalue weighted by Crippen LogP contribution is 2.18. The second-order valence-electron chi connectivity index (χ2n) is 6.60. The lowest BCUT2D eigenvalue weighted by molar-refractivity contribution is -0.154. The second-order valence-corrected chi connectivity index (χ2v) is 6.60.